The van der Waals surface area contributed by atoms with Crippen molar-refractivity contribution >= 4 is 15.5 Å². The lowest BCUT2D eigenvalue weighted by Crippen LogP contribution is -2.51. The molecule has 0 aliphatic carbocycles. The van der Waals surface area contributed by atoms with Gasteiger partial charge in [0.1, 0.15) is 5.37 Å². The molecule has 0 saturated carbocycles. The normalized spacial score (nSPS) is 16.3. The van der Waals surface area contributed by atoms with Crippen LogP contribution in [0.1, 0.15) is 18.4 Å². The average Bonchev–Trinajstić information content (AvgIpc) is 2.86. The first kappa shape index (κ1) is 23.1. The Bertz CT molecular complexity index is 1150. The molecular formula is C26H30N2O4S. The summed E-state index contributed by atoms with van der Waals surface area (Å²) in [6.45, 7) is 0.956. The van der Waals surface area contributed by atoms with Crippen molar-refractivity contribution in [1.82, 2.24) is 5.32 Å². The maximum Gasteiger partial charge on any atom is 0.196 e. The molecule has 0 bridgehead atoms. The number of benzene rings is 3. The number of aryl methyl sites for hydroxylation is 1. The first-order valence-corrected chi connectivity index (χ1v) is 12.8. The molecule has 3 aromatic carbocycles. The Labute approximate surface area is 195 Å². The van der Waals surface area contributed by atoms with Crippen molar-refractivity contribution in [3.8, 4) is 11.5 Å². The number of methoxy groups -OCH3 is 1. The number of fused-ring (bicyclic) bond motifs is 1. The van der Waals surface area contributed by atoms with Gasteiger partial charge in [-0.25, -0.2) is 8.42 Å². The second-order valence-electron chi connectivity index (χ2n) is 8.03. The highest BCUT2D eigenvalue weighted by Crippen LogP contribution is 2.29. The number of para-hydroxylation sites is 3. The Morgan fingerprint density at radius 2 is 1.67 bits per heavy atom. The summed E-state index contributed by atoms with van der Waals surface area (Å²) in [6, 6.07) is 24.0. The van der Waals surface area contributed by atoms with Crippen LogP contribution in [0.4, 0.5) is 5.69 Å². The van der Waals surface area contributed by atoms with E-state index in [2.05, 4.69) is 16.7 Å². The molecule has 4 rings (SSSR count). The summed E-state index contributed by atoms with van der Waals surface area (Å²) in [5.74, 6) is 1.36. The molecule has 2 atom stereocenters. The smallest absolute Gasteiger partial charge is 0.196 e. The van der Waals surface area contributed by atoms with Crippen LogP contribution < -0.4 is 20.1 Å². The van der Waals surface area contributed by atoms with Crippen LogP contribution in [0.5, 0.6) is 11.5 Å². The quantitative estimate of drug-likeness (QED) is 0.435. The summed E-state index contributed by atoms with van der Waals surface area (Å²) in [6.07, 6.45) is 2.23. The van der Waals surface area contributed by atoms with Crippen LogP contribution in [-0.2, 0) is 16.3 Å². The lowest BCUT2D eigenvalue weighted by Gasteiger charge is -2.33. The Balaban J connectivity index is 1.44. The molecule has 0 aromatic heterocycles. The van der Waals surface area contributed by atoms with E-state index in [-0.39, 0.29) is 6.04 Å². The summed E-state index contributed by atoms with van der Waals surface area (Å²) in [5.41, 5.74) is 2.22. The fourth-order valence-electron chi connectivity index (χ4n) is 4.15. The van der Waals surface area contributed by atoms with Gasteiger partial charge in [0.15, 0.2) is 21.3 Å². The van der Waals surface area contributed by atoms with Crippen molar-refractivity contribution in [2.75, 3.05) is 25.6 Å². The number of hydrogen-bond acceptors (Lipinski definition) is 6. The minimum atomic E-state index is -3.59. The van der Waals surface area contributed by atoms with Gasteiger partial charge in [0.25, 0.3) is 0 Å². The summed E-state index contributed by atoms with van der Waals surface area (Å²) in [4.78, 5) is 0.327. The zero-order valence-electron chi connectivity index (χ0n) is 18.7. The topological polar surface area (TPSA) is 76.7 Å². The third kappa shape index (κ3) is 5.49. The van der Waals surface area contributed by atoms with Gasteiger partial charge in [0.2, 0.25) is 0 Å². The highest BCUT2D eigenvalue weighted by Gasteiger charge is 2.36. The third-order valence-corrected chi connectivity index (χ3v) is 7.94. The number of sulfone groups is 1. The molecule has 7 heteroatoms. The Kier molecular flexibility index (Phi) is 7.52. The second kappa shape index (κ2) is 10.7. The molecule has 0 radical (unpaired) electrons. The average molecular weight is 467 g/mol. The minimum Gasteiger partial charge on any atom is -0.493 e. The van der Waals surface area contributed by atoms with E-state index in [0.29, 0.717) is 36.0 Å². The van der Waals surface area contributed by atoms with Gasteiger partial charge in [-0.3, -0.25) is 5.32 Å². The Morgan fingerprint density at radius 1 is 0.970 bits per heavy atom. The van der Waals surface area contributed by atoms with Crippen molar-refractivity contribution < 1.29 is 17.9 Å². The largest absolute Gasteiger partial charge is 0.493 e. The molecule has 1 heterocycles. The van der Waals surface area contributed by atoms with Crippen LogP contribution in [-0.4, -0.2) is 40.1 Å². The minimum absolute atomic E-state index is 0.236. The molecule has 174 valence electrons. The zero-order valence-corrected chi connectivity index (χ0v) is 19.6. The molecule has 0 saturated heterocycles. The Morgan fingerprint density at radius 3 is 2.45 bits per heavy atom. The fourth-order valence-corrected chi connectivity index (χ4v) is 5.95. The second-order valence-corrected chi connectivity index (χ2v) is 10.1. The number of ether oxygens (including phenoxy) is 2. The van der Waals surface area contributed by atoms with Gasteiger partial charge in [-0.2, -0.15) is 0 Å². The Hall–Kier alpha value is -3.03. The lowest BCUT2D eigenvalue weighted by molar-refractivity contribution is 0.286. The van der Waals surface area contributed by atoms with Crippen molar-refractivity contribution in [1.29, 1.82) is 0 Å². The maximum absolute atomic E-state index is 13.6. The fraction of sp³-hybridized carbons (Fsp3) is 0.308. The molecule has 2 N–H and O–H groups in total. The third-order valence-electron chi connectivity index (χ3n) is 5.85. The first-order valence-electron chi connectivity index (χ1n) is 11.2. The van der Waals surface area contributed by atoms with E-state index in [9.17, 15) is 8.42 Å². The van der Waals surface area contributed by atoms with E-state index in [4.69, 9.17) is 9.47 Å². The molecule has 0 amide bonds. The zero-order chi connectivity index (χ0) is 23.1. The highest BCUT2D eigenvalue weighted by atomic mass is 32.2. The summed E-state index contributed by atoms with van der Waals surface area (Å²) in [7, 11) is -1.98. The van der Waals surface area contributed by atoms with Crippen molar-refractivity contribution in [2.24, 2.45) is 0 Å². The van der Waals surface area contributed by atoms with Gasteiger partial charge in [-0.1, -0.05) is 48.5 Å². The molecule has 2 unspecified atom stereocenters. The molecule has 6 nitrogen and oxygen atoms in total. The number of rotatable bonds is 10. The van der Waals surface area contributed by atoms with E-state index in [0.717, 1.165) is 18.5 Å². The lowest BCUT2D eigenvalue weighted by atomic mass is 9.98. The maximum atomic E-state index is 13.6. The summed E-state index contributed by atoms with van der Waals surface area (Å²) < 4.78 is 38.3. The molecule has 33 heavy (non-hydrogen) atoms. The SMILES string of the molecule is COc1ccccc1OCCCNC(C1CCc2ccccc2N1)S(=O)(=O)c1ccccc1. The van der Waals surface area contributed by atoms with Gasteiger partial charge in [0, 0.05) is 5.69 Å². The van der Waals surface area contributed by atoms with Crippen LogP contribution in [0.15, 0.2) is 83.8 Å². The summed E-state index contributed by atoms with van der Waals surface area (Å²) in [5, 5.41) is 6.03. The van der Waals surface area contributed by atoms with Crippen LogP contribution >= 0.6 is 0 Å². The molecule has 0 spiro atoms. The molecule has 0 fully saturated rings. The monoisotopic (exact) mass is 466 g/mol. The van der Waals surface area contributed by atoms with Gasteiger partial charge >= 0.3 is 0 Å². The number of anilines is 1. The van der Waals surface area contributed by atoms with Crippen molar-refractivity contribution in [3.63, 3.8) is 0 Å². The first-order chi connectivity index (χ1) is 16.1. The van der Waals surface area contributed by atoms with Crippen LogP contribution in [0.25, 0.3) is 0 Å². The standard InChI is InChI=1S/C26H30N2O4S/c1-31-24-14-7-8-15-25(24)32-19-9-18-27-26(33(29,30)21-11-3-2-4-12-21)23-17-16-20-10-5-6-13-22(20)28-23/h2-8,10-15,23,26-28H,9,16-19H2,1H3. The number of hydrogen-bond donors (Lipinski definition) is 2. The van der Waals surface area contributed by atoms with E-state index in [1.54, 1.807) is 31.4 Å². The highest BCUT2D eigenvalue weighted by molar-refractivity contribution is 7.92. The van der Waals surface area contributed by atoms with Crippen LogP contribution in [0, 0.1) is 0 Å². The molecule has 1 aliphatic heterocycles. The van der Waals surface area contributed by atoms with E-state index in [1.807, 2.05) is 48.5 Å². The van der Waals surface area contributed by atoms with E-state index in [1.165, 1.54) is 5.56 Å². The predicted molar refractivity (Wildman–Crippen MR) is 131 cm³/mol. The van der Waals surface area contributed by atoms with Crippen LogP contribution in [0.2, 0.25) is 0 Å². The van der Waals surface area contributed by atoms with E-state index < -0.39 is 15.2 Å². The van der Waals surface area contributed by atoms with Crippen molar-refractivity contribution in [3.05, 3.63) is 84.4 Å². The van der Waals surface area contributed by atoms with Gasteiger partial charge in [0.05, 0.1) is 24.7 Å². The molecule has 1 aliphatic rings. The van der Waals surface area contributed by atoms with E-state index >= 15 is 0 Å². The van der Waals surface area contributed by atoms with Crippen LogP contribution in [0.3, 0.4) is 0 Å². The van der Waals surface area contributed by atoms with Crippen molar-refractivity contribution in [2.45, 2.75) is 35.6 Å². The molecular weight excluding hydrogens is 436 g/mol. The number of nitrogens with one attached hydrogen (secondary N) is 2. The summed E-state index contributed by atoms with van der Waals surface area (Å²) >= 11 is 0. The van der Waals surface area contributed by atoms with Gasteiger partial charge in [-0.15, -0.1) is 0 Å². The van der Waals surface area contributed by atoms with Gasteiger partial charge in [-0.05, 0) is 61.7 Å². The van der Waals surface area contributed by atoms with Gasteiger partial charge < -0.3 is 14.8 Å². The predicted octanol–water partition coefficient (Wildman–Crippen LogP) is 4.28. The molecule has 3 aromatic rings.